The van der Waals surface area contributed by atoms with Crippen LogP contribution in [-0.4, -0.2) is 22.2 Å². The van der Waals surface area contributed by atoms with Crippen LogP contribution in [0.15, 0.2) is 59.7 Å². The molecule has 0 unspecified atom stereocenters. The lowest BCUT2D eigenvalue weighted by Crippen LogP contribution is -2.42. The predicted molar refractivity (Wildman–Crippen MR) is 121 cm³/mol. The molecule has 0 bridgehead atoms. The van der Waals surface area contributed by atoms with Gasteiger partial charge in [0.2, 0.25) is 0 Å². The summed E-state index contributed by atoms with van der Waals surface area (Å²) in [6.07, 6.45) is 5.46. The molecule has 1 aliphatic carbocycles. The van der Waals surface area contributed by atoms with Gasteiger partial charge in [-0.05, 0) is 55.5 Å². The molecule has 0 radical (unpaired) electrons. The predicted octanol–water partition coefficient (Wildman–Crippen LogP) is 2.31. The minimum absolute atomic E-state index is 0.151. The number of pyridine rings is 1. The van der Waals surface area contributed by atoms with Crippen LogP contribution in [0.25, 0.3) is 11.3 Å². The van der Waals surface area contributed by atoms with E-state index in [-0.39, 0.29) is 17.0 Å². The van der Waals surface area contributed by atoms with Crippen LogP contribution in [0.4, 0.5) is 0 Å². The quantitative estimate of drug-likeness (QED) is 0.452. The van der Waals surface area contributed by atoms with Crippen LogP contribution in [0, 0.1) is 5.21 Å². The van der Waals surface area contributed by atoms with Crippen LogP contribution >= 0.6 is 11.6 Å². The van der Waals surface area contributed by atoms with Gasteiger partial charge in [-0.3, -0.25) is 9.59 Å². The van der Waals surface area contributed by atoms with E-state index in [1.165, 1.54) is 23.1 Å². The first-order chi connectivity index (χ1) is 15.3. The molecule has 9 heteroatoms. The Bertz CT molecular complexity index is 1220. The topological polar surface area (TPSA) is 131 Å². The van der Waals surface area contributed by atoms with Crippen molar-refractivity contribution in [2.24, 2.45) is 11.5 Å². The standard InChI is InChI=1S/C23H24ClN5O3/c24-17-5-1-4-16(11-17)23(14-25)8-6-18(7-9-23)29-22(31)19(21(26)30)12-20(27-29)15-3-2-10-28(32)13-15/h1-5,10-13,18H,6-9,14,25H2,(H2,26,30). The fourth-order valence-corrected chi connectivity index (χ4v) is 4.70. The highest BCUT2D eigenvalue weighted by Gasteiger charge is 2.37. The van der Waals surface area contributed by atoms with Crippen molar-refractivity contribution in [1.82, 2.24) is 9.78 Å². The first-order valence-corrected chi connectivity index (χ1v) is 10.8. The summed E-state index contributed by atoms with van der Waals surface area (Å²) in [6, 6.07) is 12.1. The van der Waals surface area contributed by atoms with Gasteiger partial charge in [-0.2, -0.15) is 9.83 Å². The van der Waals surface area contributed by atoms with Crippen molar-refractivity contribution in [2.45, 2.75) is 37.1 Å². The van der Waals surface area contributed by atoms with Crippen LogP contribution in [0.5, 0.6) is 0 Å². The van der Waals surface area contributed by atoms with Gasteiger partial charge in [0.05, 0.1) is 17.3 Å². The van der Waals surface area contributed by atoms with Gasteiger partial charge in [0.25, 0.3) is 11.5 Å². The molecule has 1 fully saturated rings. The van der Waals surface area contributed by atoms with Gasteiger partial charge >= 0.3 is 0 Å². The van der Waals surface area contributed by atoms with Crippen LogP contribution in [0.1, 0.15) is 47.6 Å². The van der Waals surface area contributed by atoms with Crippen LogP contribution in [0.3, 0.4) is 0 Å². The molecular weight excluding hydrogens is 430 g/mol. The third-order valence-electron chi connectivity index (χ3n) is 6.36. The van der Waals surface area contributed by atoms with Gasteiger partial charge in [-0.15, -0.1) is 0 Å². The summed E-state index contributed by atoms with van der Waals surface area (Å²) in [7, 11) is 0. The van der Waals surface area contributed by atoms with Gasteiger partial charge in [-0.1, -0.05) is 23.7 Å². The highest BCUT2D eigenvalue weighted by atomic mass is 35.5. The summed E-state index contributed by atoms with van der Waals surface area (Å²) in [5, 5.41) is 16.9. The molecule has 1 aliphatic rings. The van der Waals surface area contributed by atoms with E-state index in [9.17, 15) is 14.8 Å². The van der Waals surface area contributed by atoms with Gasteiger partial charge in [0.15, 0.2) is 12.4 Å². The Morgan fingerprint density at radius 3 is 2.62 bits per heavy atom. The molecule has 0 aliphatic heterocycles. The number of benzene rings is 1. The van der Waals surface area contributed by atoms with E-state index in [1.807, 2.05) is 24.3 Å². The highest BCUT2D eigenvalue weighted by Crippen LogP contribution is 2.42. The number of nitrogens with two attached hydrogens (primary N) is 2. The maximum absolute atomic E-state index is 13.0. The largest absolute Gasteiger partial charge is 0.619 e. The second kappa shape index (κ2) is 8.72. The van der Waals surface area contributed by atoms with E-state index < -0.39 is 11.5 Å². The maximum Gasteiger partial charge on any atom is 0.279 e. The van der Waals surface area contributed by atoms with Crippen molar-refractivity contribution in [2.75, 3.05) is 6.54 Å². The van der Waals surface area contributed by atoms with E-state index in [2.05, 4.69) is 5.10 Å². The zero-order valence-corrected chi connectivity index (χ0v) is 18.2. The first kappa shape index (κ1) is 22.0. The van der Waals surface area contributed by atoms with E-state index in [1.54, 1.807) is 12.1 Å². The fourth-order valence-electron chi connectivity index (χ4n) is 4.51. The first-order valence-electron chi connectivity index (χ1n) is 10.4. The molecule has 8 nitrogen and oxygen atoms in total. The summed E-state index contributed by atoms with van der Waals surface area (Å²) in [5.41, 5.74) is 12.7. The molecule has 32 heavy (non-hydrogen) atoms. The number of rotatable bonds is 5. The van der Waals surface area contributed by atoms with E-state index in [4.69, 9.17) is 23.1 Å². The Morgan fingerprint density at radius 2 is 2.00 bits per heavy atom. The number of amides is 1. The highest BCUT2D eigenvalue weighted by molar-refractivity contribution is 6.30. The van der Waals surface area contributed by atoms with Crippen molar-refractivity contribution in [3.8, 4) is 11.3 Å². The van der Waals surface area contributed by atoms with E-state index in [0.717, 1.165) is 18.4 Å². The number of primary amides is 1. The number of nitrogens with zero attached hydrogens (tertiary/aromatic N) is 3. The molecule has 166 valence electrons. The number of carbonyl (C=O) groups is 1. The molecule has 0 spiro atoms. The van der Waals surface area contributed by atoms with E-state index in [0.29, 0.717) is 40.4 Å². The molecule has 2 heterocycles. The van der Waals surface area contributed by atoms with Crippen molar-refractivity contribution in [3.05, 3.63) is 86.6 Å². The van der Waals surface area contributed by atoms with Crippen LogP contribution in [-0.2, 0) is 5.41 Å². The third kappa shape index (κ3) is 4.11. The fraction of sp³-hybridized carbons (Fsp3) is 0.304. The summed E-state index contributed by atoms with van der Waals surface area (Å²) in [6.45, 7) is 0.461. The number of hydrogen-bond donors (Lipinski definition) is 2. The average Bonchev–Trinajstić information content (AvgIpc) is 2.79. The molecular formula is C23H24ClN5O3. The molecule has 4 rings (SSSR count). The lowest BCUT2D eigenvalue weighted by Gasteiger charge is -2.40. The van der Waals surface area contributed by atoms with Crippen molar-refractivity contribution < 1.29 is 9.52 Å². The number of halogens is 1. The molecule has 2 aromatic heterocycles. The Kier molecular flexibility index (Phi) is 5.99. The zero-order valence-electron chi connectivity index (χ0n) is 17.4. The Morgan fingerprint density at radius 1 is 1.25 bits per heavy atom. The lowest BCUT2D eigenvalue weighted by atomic mass is 9.68. The minimum atomic E-state index is -0.829. The van der Waals surface area contributed by atoms with Crippen LogP contribution in [0.2, 0.25) is 5.02 Å². The zero-order chi connectivity index (χ0) is 22.9. The Hall–Kier alpha value is -3.23. The molecule has 1 saturated carbocycles. The van der Waals surface area contributed by atoms with Gasteiger partial charge in [-0.25, -0.2) is 4.68 Å². The number of hydrogen-bond acceptors (Lipinski definition) is 5. The molecule has 4 N–H and O–H groups in total. The Balaban J connectivity index is 1.70. The number of aromatic nitrogens is 3. The van der Waals surface area contributed by atoms with Gasteiger partial charge in [0, 0.05) is 23.0 Å². The van der Waals surface area contributed by atoms with Crippen molar-refractivity contribution in [3.63, 3.8) is 0 Å². The summed E-state index contributed by atoms with van der Waals surface area (Å²) in [5.74, 6) is -0.829. The van der Waals surface area contributed by atoms with Gasteiger partial charge in [0.1, 0.15) is 5.56 Å². The van der Waals surface area contributed by atoms with Crippen molar-refractivity contribution in [1.29, 1.82) is 0 Å². The molecule has 1 aromatic carbocycles. The summed E-state index contributed by atoms with van der Waals surface area (Å²) >= 11 is 6.20. The Labute approximate surface area is 190 Å². The molecule has 1 amide bonds. The molecule has 0 saturated heterocycles. The molecule has 3 aromatic rings. The SMILES string of the molecule is NCC1(c2cccc(Cl)c2)CCC(n2nc(-c3ccc[n+]([O-])c3)cc(C(N)=O)c2=O)CC1. The monoisotopic (exact) mass is 453 g/mol. The average molecular weight is 454 g/mol. The smallest absolute Gasteiger partial charge is 0.279 e. The second-order valence-corrected chi connectivity index (χ2v) is 8.67. The van der Waals surface area contributed by atoms with Crippen molar-refractivity contribution >= 4 is 17.5 Å². The summed E-state index contributed by atoms with van der Waals surface area (Å²) < 4.78 is 1.98. The second-order valence-electron chi connectivity index (χ2n) is 8.24. The van der Waals surface area contributed by atoms with E-state index >= 15 is 0 Å². The maximum atomic E-state index is 13.0. The number of carbonyl (C=O) groups excluding carboxylic acids is 1. The third-order valence-corrected chi connectivity index (χ3v) is 6.59. The van der Waals surface area contributed by atoms with Crippen LogP contribution < -0.4 is 21.8 Å². The van der Waals surface area contributed by atoms with Gasteiger partial charge < -0.3 is 16.7 Å². The summed E-state index contributed by atoms with van der Waals surface area (Å²) in [4.78, 5) is 25.0. The normalized spacial score (nSPS) is 20.8. The molecule has 0 atom stereocenters. The minimum Gasteiger partial charge on any atom is -0.619 e. The lowest BCUT2D eigenvalue weighted by molar-refractivity contribution is -0.604.